The minimum Gasteiger partial charge on any atom is -0.497 e. The Balaban J connectivity index is 0.928. The van der Waals surface area contributed by atoms with Crippen LogP contribution in [0.1, 0.15) is 24.9 Å². The molecule has 10 rings (SSSR count). The maximum absolute atomic E-state index is 13.8. The lowest BCUT2D eigenvalue weighted by atomic mass is 10.1. The summed E-state index contributed by atoms with van der Waals surface area (Å²) in [7, 11) is 3.25. The van der Waals surface area contributed by atoms with E-state index in [0.29, 0.717) is 84.3 Å². The van der Waals surface area contributed by atoms with Crippen LogP contribution in [0.2, 0.25) is 0 Å². The smallest absolute Gasteiger partial charge is 0.329 e. The molecule has 68 heavy (non-hydrogen) atoms. The van der Waals surface area contributed by atoms with Crippen LogP contribution in [0.4, 0.5) is 0 Å². The molecule has 0 saturated carbocycles. The van der Waals surface area contributed by atoms with Crippen molar-refractivity contribution in [1.82, 2.24) is 9.13 Å². The summed E-state index contributed by atoms with van der Waals surface area (Å²) in [5.41, 5.74) is 2.20. The van der Waals surface area contributed by atoms with Gasteiger partial charge in [-0.05, 0) is 82.9 Å². The highest BCUT2D eigenvalue weighted by atomic mass is 16.5. The number of para-hydroxylation sites is 2. The van der Waals surface area contributed by atoms with E-state index in [-0.39, 0.29) is 0 Å². The van der Waals surface area contributed by atoms with Crippen molar-refractivity contribution in [3.05, 3.63) is 158 Å². The zero-order valence-corrected chi connectivity index (χ0v) is 37.5. The molecule has 2 heterocycles. The van der Waals surface area contributed by atoms with E-state index in [1.165, 1.54) is 0 Å². The molecule has 12 nitrogen and oxygen atoms in total. The molecule has 12 heteroatoms. The lowest BCUT2D eigenvalue weighted by Gasteiger charge is -2.26. The zero-order valence-electron chi connectivity index (χ0n) is 37.5. The van der Waals surface area contributed by atoms with E-state index < -0.39 is 24.0 Å². The van der Waals surface area contributed by atoms with E-state index in [4.69, 9.17) is 28.4 Å². The fourth-order valence-corrected chi connectivity index (χ4v) is 9.32. The Morgan fingerprint density at radius 2 is 0.882 bits per heavy atom. The second-order valence-corrected chi connectivity index (χ2v) is 16.5. The first kappa shape index (κ1) is 43.5. The van der Waals surface area contributed by atoms with Gasteiger partial charge in [-0.3, -0.25) is 0 Å². The third-order valence-corrected chi connectivity index (χ3v) is 12.4. The van der Waals surface area contributed by atoms with Gasteiger partial charge in [0.25, 0.3) is 0 Å². The third-order valence-electron chi connectivity index (χ3n) is 12.4. The van der Waals surface area contributed by atoms with Gasteiger partial charge >= 0.3 is 11.9 Å². The van der Waals surface area contributed by atoms with Crippen molar-refractivity contribution in [2.45, 2.75) is 24.9 Å². The Hall–Kier alpha value is -8.38. The van der Waals surface area contributed by atoms with Gasteiger partial charge in [-0.25, -0.2) is 9.59 Å². The first-order valence-electron chi connectivity index (χ1n) is 22.5. The number of methoxy groups -OCH3 is 2. The number of fused-ring (bicyclic) bond motifs is 8. The van der Waals surface area contributed by atoms with Crippen molar-refractivity contribution in [3.8, 4) is 34.5 Å². The number of carbonyl (C=O) groups is 2. The van der Waals surface area contributed by atoms with E-state index in [0.717, 1.165) is 54.6 Å². The molecule has 342 valence electrons. The monoisotopic (exact) mass is 908 g/mol. The molecule has 0 aliphatic heterocycles. The highest BCUT2D eigenvalue weighted by Crippen LogP contribution is 2.42. The molecule has 8 aromatic carbocycles. The predicted molar refractivity (Wildman–Crippen MR) is 264 cm³/mol. The number of benzene rings is 8. The molecule has 10 aromatic rings. The Bertz CT molecular complexity index is 3500. The van der Waals surface area contributed by atoms with Gasteiger partial charge in [-0.1, -0.05) is 78.9 Å². The van der Waals surface area contributed by atoms with Crippen LogP contribution in [0.25, 0.3) is 65.2 Å². The standard InChI is InChI=1S/C56H48N2O10/c1-63-38-21-20-35-14-9-19-50(45(35)32-38)67-28-10-26-65-39-22-24-43-41-15-5-7-17-46(41)57(48(43)33-39)53(55(59)60)54(56(61)62)58-47-18-8-6-16-42(47)44-25-23-40(34-49(44)58)66-27-11-29-68-52-31-37-13-4-3-12-36(37)30-51(52)64-2/h3-9,12-25,30-34,53-54H,10-11,26-29H2,1-2H3,(H,59,60)(H,61,62). The van der Waals surface area contributed by atoms with Crippen molar-refractivity contribution in [2.75, 3.05) is 40.6 Å². The topological polar surface area (TPSA) is 140 Å². The maximum atomic E-state index is 13.8. The van der Waals surface area contributed by atoms with Gasteiger partial charge in [0.15, 0.2) is 23.6 Å². The van der Waals surface area contributed by atoms with Crippen LogP contribution in [-0.4, -0.2) is 71.9 Å². The van der Waals surface area contributed by atoms with Crippen LogP contribution in [0, 0.1) is 0 Å². The molecule has 2 aromatic heterocycles. The Morgan fingerprint density at radius 3 is 1.43 bits per heavy atom. The van der Waals surface area contributed by atoms with Gasteiger partial charge in [-0.2, -0.15) is 0 Å². The fraction of sp³-hybridized carbons (Fsp3) is 0.179. The lowest BCUT2D eigenvalue weighted by Crippen LogP contribution is -2.34. The van der Waals surface area contributed by atoms with E-state index in [2.05, 4.69) is 0 Å². The summed E-state index contributed by atoms with van der Waals surface area (Å²) in [6, 6.07) is 46.4. The first-order valence-corrected chi connectivity index (χ1v) is 22.5. The summed E-state index contributed by atoms with van der Waals surface area (Å²) in [5, 5.41) is 29.7. The molecular formula is C56H48N2O10. The number of hydrogen-bond acceptors (Lipinski definition) is 8. The van der Waals surface area contributed by atoms with Gasteiger partial charge in [0.1, 0.15) is 23.0 Å². The highest BCUT2D eigenvalue weighted by molar-refractivity contribution is 6.11. The maximum Gasteiger partial charge on any atom is 0.329 e. The van der Waals surface area contributed by atoms with Crippen molar-refractivity contribution >= 4 is 77.1 Å². The second-order valence-electron chi connectivity index (χ2n) is 16.5. The third kappa shape index (κ3) is 8.25. The largest absolute Gasteiger partial charge is 0.497 e. The Labute approximate surface area is 391 Å². The molecule has 2 unspecified atom stereocenters. The van der Waals surface area contributed by atoms with Crippen LogP contribution < -0.4 is 28.4 Å². The van der Waals surface area contributed by atoms with E-state index in [1.54, 1.807) is 35.5 Å². The molecule has 0 spiro atoms. The molecule has 0 fully saturated rings. The summed E-state index contributed by atoms with van der Waals surface area (Å²) in [6.07, 6.45) is 1.11. The average molecular weight is 909 g/mol. The summed E-state index contributed by atoms with van der Waals surface area (Å²) in [5.74, 6) is 1.15. The quantitative estimate of drug-likeness (QED) is 0.0754. The zero-order chi connectivity index (χ0) is 46.7. The van der Waals surface area contributed by atoms with Crippen molar-refractivity contribution in [1.29, 1.82) is 0 Å². The minimum atomic E-state index is -1.61. The number of nitrogens with zero attached hydrogens (tertiary/aromatic N) is 2. The van der Waals surface area contributed by atoms with E-state index >= 15 is 0 Å². The molecule has 0 saturated heterocycles. The van der Waals surface area contributed by atoms with Gasteiger partial charge < -0.3 is 47.8 Å². The van der Waals surface area contributed by atoms with Crippen LogP contribution in [0.15, 0.2) is 158 Å². The summed E-state index contributed by atoms with van der Waals surface area (Å²) in [4.78, 5) is 27.7. The second kappa shape index (κ2) is 18.8. The van der Waals surface area contributed by atoms with Crippen LogP contribution in [0.3, 0.4) is 0 Å². The molecule has 2 N–H and O–H groups in total. The van der Waals surface area contributed by atoms with Crippen molar-refractivity contribution < 1.29 is 48.2 Å². The predicted octanol–water partition coefficient (Wildman–Crippen LogP) is 11.9. The number of aromatic nitrogens is 2. The SMILES string of the molecule is COc1ccc2cccc(OCCCOc3ccc4c5ccccc5n(C(C(=O)O)C(C(=O)O)n5c6ccccc6c6ccc(OCCCOc7cc8ccccc8cc7OC)cc65)c4c3)c2c1. The Morgan fingerprint density at radius 1 is 0.412 bits per heavy atom. The molecule has 0 amide bonds. The van der Waals surface area contributed by atoms with Gasteiger partial charge in [0, 0.05) is 51.9 Å². The Kier molecular flexibility index (Phi) is 12.1. The minimum absolute atomic E-state index is 0.306. The van der Waals surface area contributed by atoms with Crippen LogP contribution >= 0.6 is 0 Å². The first-order chi connectivity index (χ1) is 33.3. The number of rotatable bonds is 19. The van der Waals surface area contributed by atoms with Gasteiger partial charge in [-0.15, -0.1) is 0 Å². The van der Waals surface area contributed by atoms with Crippen molar-refractivity contribution in [2.24, 2.45) is 0 Å². The number of carboxylic acid groups (broad SMARTS) is 2. The number of carboxylic acids is 2. The lowest BCUT2D eigenvalue weighted by molar-refractivity contribution is -0.151. The molecule has 0 aliphatic rings. The van der Waals surface area contributed by atoms with Gasteiger partial charge in [0.05, 0.1) is 62.7 Å². The number of hydrogen-bond donors (Lipinski definition) is 2. The molecule has 0 aliphatic carbocycles. The molecule has 0 bridgehead atoms. The summed E-state index contributed by atoms with van der Waals surface area (Å²) in [6.45, 7) is 1.38. The molecular weight excluding hydrogens is 861 g/mol. The number of ether oxygens (including phenoxy) is 6. The van der Waals surface area contributed by atoms with Crippen LogP contribution in [0.5, 0.6) is 34.5 Å². The average Bonchev–Trinajstić information content (AvgIpc) is 3.86. The summed E-state index contributed by atoms with van der Waals surface area (Å²) >= 11 is 0. The fourth-order valence-electron chi connectivity index (χ4n) is 9.32. The van der Waals surface area contributed by atoms with E-state index in [9.17, 15) is 19.8 Å². The highest BCUT2D eigenvalue weighted by Gasteiger charge is 2.40. The van der Waals surface area contributed by atoms with Crippen LogP contribution in [-0.2, 0) is 9.59 Å². The van der Waals surface area contributed by atoms with E-state index in [1.807, 2.05) is 146 Å². The summed E-state index contributed by atoms with van der Waals surface area (Å²) < 4.78 is 39.1. The number of aliphatic carboxylic acids is 2. The van der Waals surface area contributed by atoms with Gasteiger partial charge in [0.2, 0.25) is 0 Å². The normalized spacial score (nSPS) is 12.4. The molecule has 0 radical (unpaired) electrons. The molecule has 2 atom stereocenters. The van der Waals surface area contributed by atoms with Crippen molar-refractivity contribution in [3.63, 3.8) is 0 Å².